The van der Waals surface area contributed by atoms with Gasteiger partial charge in [-0.05, 0) is 30.5 Å². The Morgan fingerprint density at radius 2 is 1.49 bits per heavy atom. The van der Waals surface area contributed by atoms with Crippen LogP contribution in [0.25, 0.3) is 21.7 Å². The molecule has 1 N–H and O–H groups in total. The zero-order valence-electron chi connectivity index (χ0n) is 19.0. The van der Waals surface area contributed by atoms with Crippen LogP contribution < -0.4 is 5.32 Å². The Kier molecular flexibility index (Phi) is 6.77. The number of benzene rings is 3. The van der Waals surface area contributed by atoms with Gasteiger partial charge in [-0.3, -0.25) is 4.79 Å². The number of sulfonamides is 1. The first-order valence-corrected chi connectivity index (χ1v) is 13.8. The van der Waals surface area contributed by atoms with Gasteiger partial charge in [-0.2, -0.15) is 4.31 Å². The number of rotatable bonds is 6. The maximum Gasteiger partial charge on any atom is 0.243 e. The van der Waals surface area contributed by atoms with Gasteiger partial charge in [0, 0.05) is 18.7 Å². The zero-order chi connectivity index (χ0) is 24.3. The fraction of sp³-hybridized carbons (Fsp3) is 0.185. The quantitative estimate of drug-likeness (QED) is 0.376. The Bertz CT molecular complexity index is 1350. The number of nitrogens with one attached hydrogen (secondary N) is 1. The lowest BCUT2D eigenvalue weighted by molar-refractivity contribution is -0.120. The molecule has 0 aliphatic carbocycles. The van der Waals surface area contributed by atoms with Crippen LogP contribution in [0.1, 0.15) is 12.8 Å². The van der Waals surface area contributed by atoms with Gasteiger partial charge >= 0.3 is 0 Å². The molecule has 1 aromatic heterocycles. The summed E-state index contributed by atoms with van der Waals surface area (Å²) in [7, 11) is -3.64. The molecule has 0 spiro atoms. The molecule has 1 atom stereocenters. The second-order valence-electron chi connectivity index (χ2n) is 8.43. The maximum atomic E-state index is 13.2. The molecule has 3 aromatic carbocycles. The molecule has 35 heavy (non-hydrogen) atoms. The molecule has 6 nitrogen and oxygen atoms in total. The van der Waals surface area contributed by atoms with Crippen LogP contribution >= 0.6 is 11.3 Å². The summed E-state index contributed by atoms with van der Waals surface area (Å²) in [5.74, 6) is -0.641. The molecule has 0 saturated carbocycles. The molecule has 2 heterocycles. The summed E-state index contributed by atoms with van der Waals surface area (Å²) in [5.41, 5.74) is 2.82. The molecule has 1 unspecified atom stereocenters. The highest BCUT2D eigenvalue weighted by Crippen LogP contribution is 2.39. The number of hydrogen-bond acceptors (Lipinski definition) is 5. The first-order chi connectivity index (χ1) is 17.0. The molecule has 4 aromatic rings. The highest BCUT2D eigenvalue weighted by molar-refractivity contribution is 7.89. The van der Waals surface area contributed by atoms with Crippen molar-refractivity contribution in [3.8, 4) is 21.7 Å². The van der Waals surface area contributed by atoms with E-state index in [9.17, 15) is 13.2 Å². The largest absolute Gasteiger partial charge is 0.302 e. The molecule has 5 rings (SSSR count). The van der Waals surface area contributed by atoms with E-state index in [1.54, 1.807) is 30.3 Å². The lowest BCUT2D eigenvalue weighted by atomic mass is 9.99. The average Bonchev–Trinajstić information content (AvgIpc) is 3.34. The fourth-order valence-electron chi connectivity index (χ4n) is 4.27. The predicted molar refractivity (Wildman–Crippen MR) is 140 cm³/mol. The standard InChI is InChI=1S/C27H25N3O3S2/c31-26(22-15-10-18-30(19-22)35(32,33)23-16-8-3-9-17-23)29-27-28-24(20-11-4-1-5-12-20)25(34-27)21-13-6-2-7-14-21/h1-9,11-14,16-17,22H,10,15,18-19H2,(H,28,29,31). The van der Waals surface area contributed by atoms with Crippen LogP contribution in [0.2, 0.25) is 0 Å². The third kappa shape index (κ3) is 5.05. The highest BCUT2D eigenvalue weighted by atomic mass is 32.2. The van der Waals surface area contributed by atoms with Crippen LogP contribution in [0.3, 0.4) is 0 Å². The number of amides is 1. The molecule has 178 valence electrons. The van der Waals surface area contributed by atoms with Crippen molar-refractivity contribution in [2.24, 2.45) is 5.92 Å². The number of thiazole rings is 1. The molecule has 0 bridgehead atoms. The molecule has 8 heteroatoms. The van der Waals surface area contributed by atoms with E-state index in [0.29, 0.717) is 24.5 Å². The Balaban J connectivity index is 1.37. The maximum absolute atomic E-state index is 13.2. The van der Waals surface area contributed by atoms with Crippen LogP contribution in [0.4, 0.5) is 5.13 Å². The highest BCUT2D eigenvalue weighted by Gasteiger charge is 2.33. The summed E-state index contributed by atoms with van der Waals surface area (Å²) in [4.78, 5) is 19.2. The Morgan fingerprint density at radius 1 is 0.886 bits per heavy atom. The summed E-state index contributed by atoms with van der Waals surface area (Å²) in [6, 6.07) is 28.2. The third-order valence-electron chi connectivity index (χ3n) is 6.08. The van der Waals surface area contributed by atoms with Crippen molar-refractivity contribution in [2.45, 2.75) is 17.7 Å². The Morgan fingerprint density at radius 3 is 2.14 bits per heavy atom. The number of aromatic nitrogens is 1. The van der Waals surface area contributed by atoms with Gasteiger partial charge in [-0.15, -0.1) is 0 Å². The van der Waals surface area contributed by atoms with E-state index in [1.807, 2.05) is 60.7 Å². The van der Waals surface area contributed by atoms with Crippen LogP contribution in [-0.2, 0) is 14.8 Å². The van der Waals surface area contributed by atoms with Crippen molar-refractivity contribution in [1.29, 1.82) is 0 Å². The zero-order valence-corrected chi connectivity index (χ0v) is 20.6. The van der Waals surface area contributed by atoms with Crippen LogP contribution in [0.15, 0.2) is 95.9 Å². The second kappa shape index (κ2) is 10.1. The number of hydrogen-bond donors (Lipinski definition) is 1. The summed E-state index contributed by atoms with van der Waals surface area (Å²) >= 11 is 1.43. The smallest absolute Gasteiger partial charge is 0.243 e. The number of carbonyl (C=O) groups excluding carboxylic acids is 1. The normalized spacial score (nSPS) is 16.6. The van der Waals surface area contributed by atoms with E-state index >= 15 is 0 Å². The molecular weight excluding hydrogens is 478 g/mol. The molecule has 1 aliphatic heterocycles. The van der Waals surface area contributed by atoms with E-state index in [-0.39, 0.29) is 17.3 Å². The van der Waals surface area contributed by atoms with E-state index in [0.717, 1.165) is 21.7 Å². The fourth-order valence-corrected chi connectivity index (χ4v) is 6.82. The number of piperidine rings is 1. The minimum atomic E-state index is -3.64. The molecule has 1 saturated heterocycles. The van der Waals surface area contributed by atoms with Crippen LogP contribution in [-0.4, -0.2) is 36.7 Å². The average molecular weight is 504 g/mol. The SMILES string of the molecule is O=C(Nc1nc(-c2ccccc2)c(-c2ccccc2)s1)C1CCCN(S(=O)(=O)c2ccccc2)C1. The van der Waals surface area contributed by atoms with E-state index in [1.165, 1.54) is 15.6 Å². The van der Waals surface area contributed by atoms with Gasteiger partial charge in [0.15, 0.2) is 5.13 Å². The lowest BCUT2D eigenvalue weighted by Gasteiger charge is -2.31. The van der Waals surface area contributed by atoms with Gasteiger partial charge in [0.2, 0.25) is 15.9 Å². The topological polar surface area (TPSA) is 79.4 Å². The third-order valence-corrected chi connectivity index (χ3v) is 8.98. The summed E-state index contributed by atoms with van der Waals surface area (Å²) < 4.78 is 27.5. The van der Waals surface area contributed by atoms with Crippen LogP contribution in [0.5, 0.6) is 0 Å². The first kappa shape index (κ1) is 23.4. The number of nitrogens with zero attached hydrogens (tertiary/aromatic N) is 2. The van der Waals surface area contributed by atoms with E-state index in [2.05, 4.69) is 5.32 Å². The van der Waals surface area contributed by atoms with Crippen LogP contribution in [0, 0.1) is 5.92 Å². The van der Waals surface area contributed by atoms with Crippen molar-refractivity contribution in [1.82, 2.24) is 9.29 Å². The number of carbonyl (C=O) groups is 1. The van der Waals surface area contributed by atoms with E-state index < -0.39 is 15.9 Å². The van der Waals surface area contributed by atoms with Crippen molar-refractivity contribution in [3.63, 3.8) is 0 Å². The van der Waals surface area contributed by atoms with Crippen molar-refractivity contribution < 1.29 is 13.2 Å². The van der Waals surface area contributed by atoms with E-state index in [4.69, 9.17) is 4.98 Å². The minimum Gasteiger partial charge on any atom is -0.302 e. The predicted octanol–water partition coefficient (Wildman–Crippen LogP) is 5.52. The molecule has 1 fully saturated rings. The molecule has 0 radical (unpaired) electrons. The Hall–Kier alpha value is -3.33. The Labute approximate surface area is 209 Å². The molecular formula is C27H25N3O3S2. The first-order valence-electron chi connectivity index (χ1n) is 11.5. The second-order valence-corrected chi connectivity index (χ2v) is 11.4. The summed E-state index contributed by atoms with van der Waals surface area (Å²) in [6.45, 7) is 0.570. The minimum absolute atomic E-state index is 0.158. The monoisotopic (exact) mass is 503 g/mol. The van der Waals surface area contributed by atoms with Crippen molar-refractivity contribution >= 4 is 32.4 Å². The lowest BCUT2D eigenvalue weighted by Crippen LogP contribution is -2.43. The van der Waals surface area contributed by atoms with Gasteiger partial charge in [-0.25, -0.2) is 13.4 Å². The van der Waals surface area contributed by atoms with Gasteiger partial charge in [0.25, 0.3) is 0 Å². The summed E-state index contributed by atoms with van der Waals surface area (Å²) in [5, 5.41) is 3.48. The molecule has 1 amide bonds. The van der Waals surface area contributed by atoms with Crippen molar-refractivity contribution in [2.75, 3.05) is 18.4 Å². The molecule has 1 aliphatic rings. The van der Waals surface area contributed by atoms with Gasteiger partial charge < -0.3 is 5.32 Å². The van der Waals surface area contributed by atoms with Crippen molar-refractivity contribution in [3.05, 3.63) is 91.0 Å². The van der Waals surface area contributed by atoms with Gasteiger partial charge in [0.1, 0.15) is 0 Å². The summed E-state index contributed by atoms with van der Waals surface area (Å²) in [6.07, 6.45) is 1.27. The van der Waals surface area contributed by atoms with Gasteiger partial charge in [0.05, 0.1) is 21.4 Å². The van der Waals surface area contributed by atoms with Gasteiger partial charge in [-0.1, -0.05) is 90.2 Å². The number of anilines is 1.